The molecular weight excluding hydrogens is 292 g/mol. The third kappa shape index (κ3) is 7.39. The Labute approximate surface area is 140 Å². The van der Waals surface area contributed by atoms with Crippen LogP contribution in [-0.2, 0) is 6.54 Å². The average Bonchev–Trinajstić information content (AvgIpc) is 2.42. The highest BCUT2D eigenvalue weighted by Crippen LogP contribution is 2.25. The minimum Gasteiger partial charge on any atom is -0.325 e. The van der Waals surface area contributed by atoms with Crippen molar-refractivity contribution in [1.82, 2.24) is 9.55 Å². The van der Waals surface area contributed by atoms with Gasteiger partial charge in [0.25, 0.3) is 5.56 Å². The summed E-state index contributed by atoms with van der Waals surface area (Å²) >= 11 is 5.15. The molecule has 0 aliphatic carbocycles. The van der Waals surface area contributed by atoms with Crippen molar-refractivity contribution in [3.8, 4) is 0 Å². The van der Waals surface area contributed by atoms with Crippen LogP contribution < -0.4 is 5.56 Å². The van der Waals surface area contributed by atoms with Crippen LogP contribution in [0.4, 0.5) is 0 Å². The zero-order valence-electron chi connectivity index (χ0n) is 14.6. The van der Waals surface area contributed by atoms with Crippen LogP contribution in [0.3, 0.4) is 0 Å². The quantitative estimate of drug-likeness (QED) is 0.476. The van der Waals surface area contributed by atoms with Gasteiger partial charge in [-0.25, -0.2) is 0 Å². The van der Waals surface area contributed by atoms with Crippen LogP contribution in [0.25, 0.3) is 0 Å². The molecule has 0 spiro atoms. The molecule has 0 aromatic carbocycles. The maximum Gasteiger partial charge on any atom is 0.251 e. The summed E-state index contributed by atoms with van der Waals surface area (Å²) in [5.41, 5.74) is -0.119. The first-order valence-electron chi connectivity index (χ1n) is 8.70. The first-order chi connectivity index (χ1) is 10.4. The van der Waals surface area contributed by atoms with Gasteiger partial charge in [0.15, 0.2) is 4.77 Å². The van der Waals surface area contributed by atoms with Crippen LogP contribution in [0, 0.1) is 22.5 Å². The lowest BCUT2D eigenvalue weighted by molar-refractivity contribution is 0.289. The van der Waals surface area contributed by atoms with Crippen molar-refractivity contribution in [2.24, 2.45) is 17.8 Å². The molecule has 1 unspecified atom stereocenters. The van der Waals surface area contributed by atoms with Crippen LogP contribution in [0.5, 0.6) is 0 Å². The summed E-state index contributed by atoms with van der Waals surface area (Å²) in [7, 11) is 0. The first kappa shape index (κ1) is 19.1. The van der Waals surface area contributed by atoms with Crippen molar-refractivity contribution in [1.29, 1.82) is 0 Å². The van der Waals surface area contributed by atoms with E-state index in [1.807, 2.05) is 4.57 Å². The number of nitrogens with one attached hydrogen (secondary N) is 1. The zero-order chi connectivity index (χ0) is 16.5. The van der Waals surface area contributed by atoms with E-state index in [0.29, 0.717) is 4.77 Å². The lowest BCUT2D eigenvalue weighted by Crippen LogP contribution is -2.12. The fourth-order valence-electron chi connectivity index (χ4n) is 2.99. The normalized spacial score (nSPS) is 13.0. The lowest BCUT2D eigenvalue weighted by Gasteiger charge is -2.22. The van der Waals surface area contributed by atoms with Crippen molar-refractivity contribution < 1.29 is 0 Å². The summed E-state index contributed by atoms with van der Waals surface area (Å²) in [4.78, 5) is 13.8. The van der Waals surface area contributed by atoms with Gasteiger partial charge in [-0.3, -0.25) is 9.78 Å². The summed E-state index contributed by atoms with van der Waals surface area (Å²) in [6.07, 6.45) is 9.46. The Bertz CT molecular complexity index is 530. The van der Waals surface area contributed by atoms with Gasteiger partial charge in [-0.05, 0) is 42.8 Å². The molecule has 126 valence electrons. The van der Waals surface area contributed by atoms with Gasteiger partial charge in [-0.15, -0.1) is 0 Å². The van der Waals surface area contributed by atoms with E-state index in [1.54, 1.807) is 6.20 Å². The SMILES string of the molecule is CC(C)CC(CCCCCCn1ccc(=O)[nH]c1=S)C(C)C. The van der Waals surface area contributed by atoms with Gasteiger partial charge in [-0.1, -0.05) is 53.4 Å². The Kier molecular flexibility index (Phi) is 8.69. The predicted molar refractivity (Wildman–Crippen MR) is 96.8 cm³/mol. The third-order valence-corrected chi connectivity index (χ3v) is 4.67. The average molecular weight is 325 g/mol. The molecule has 0 aliphatic heterocycles. The van der Waals surface area contributed by atoms with E-state index in [9.17, 15) is 4.79 Å². The number of aryl methyl sites for hydroxylation is 1. The van der Waals surface area contributed by atoms with E-state index in [-0.39, 0.29) is 5.56 Å². The highest BCUT2D eigenvalue weighted by atomic mass is 32.1. The number of hydrogen-bond donors (Lipinski definition) is 1. The second kappa shape index (κ2) is 9.98. The largest absolute Gasteiger partial charge is 0.325 e. The highest BCUT2D eigenvalue weighted by Gasteiger charge is 2.14. The van der Waals surface area contributed by atoms with Crippen molar-refractivity contribution in [2.75, 3.05) is 0 Å². The van der Waals surface area contributed by atoms with Gasteiger partial charge in [0.1, 0.15) is 0 Å². The molecule has 0 fully saturated rings. The Morgan fingerprint density at radius 2 is 1.82 bits per heavy atom. The number of nitrogens with zero attached hydrogens (tertiary/aromatic N) is 1. The van der Waals surface area contributed by atoms with E-state index in [1.165, 1.54) is 38.2 Å². The number of rotatable bonds is 10. The van der Waals surface area contributed by atoms with Crippen molar-refractivity contribution in [2.45, 2.75) is 72.8 Å². The van der Waals surface area contributed by atoms with E-state index in [2.05, 4.69) is 32.7 Å². The predicted octanol–water partition coefficient (Wildman–Crippen LogP) is 5.17. The van der Waals surface area contributed by atoms with E-state index in [4.69, 9.17) is 12.2 Å². The van der Waals surface area contributed by atoms with Gasteiger partial charge in [0.05, 0.1) is 0 Å². The maximum atomic E-state index is 11.1. The second-order valence-corrected chi connectivity index (χ2v) is 7.53. The van der Waals surface area contributed by atoms with Gasteiger partial charge < -0.3 is 4.57 Å². The molecule has 0 aliphatic rings. The third-order valence-electron chi connectivity index (χ3n) is 4.34. The van der Waals surface area contributed by atoms with E-state index < -0.39 is 0 Å². The summed E-state index contributed by atoms with van der Waals surface area (Å²) in [6.45, 7) is 10.2. The molecular formula is C18H32N2OS. The smallest absolute Gasteiger partial charge is 0.251 e. The molecule has 1 atom stereocenters. The van der Waals surface area contributed by atoms with Crippen LogP contribution in [0.1, 0.15) is 66.2 Å². The molecule has 0 saturated heterocycles. The molecule has 0 radical (unpaired) electrons. The van der Waals surface area contributed by atoms with Gasteiger partial charge in [0, 0.05) is 18.8 Å². The first-order valence-corrected chi connectivity index (χ1v) is 9.10. The van der Waals surface area contributed by atoms with E-state index >= 15 is 0 Å². The molecule has 1 N–H and O–H groups in total. The molecule has 4 heteroatoms. The Morgan fingerprint density at radius 1 is 1.14 bits per heavy atom. The Morgan fingerprint density at radius 3 is 2.41 bits per heavy atom. The highest BCUT2D eigenvalue weighted by molar-refractivity contribution is 7.71. The number of hydrogen-bond acceptors (Lipinski definition) is 2. The minimum atomic E-state index is -0.119. The van der Waals surface area contributed by atoms with Crippen LogP contribution in [-0.4, -0.2) is 9.55 Å². The van der Waals surface area contributed by atoms with Crippen LogP contribution in [0.15, 0.2) is 17.1 Å². The Hall–Kier alpha value is -0.900. The number of aromatic nitrogens is 2. The number of unbranched alkanes of at least 4 members (excludes halogenated alkanes) is 3. The van der Waals surface area contributed by atoms with Crippen molar-refractivity contribution in [3.05, 3.63) is 27.4 Å². The van der Waals surface area contributed by atoms with Crippen LogP contribution >= 0.6 is 12.2 Å². The molecule has 1 aromatic rings. The minimum absolute atomic E-state index is 0.119. The molecule has 0 amide bonds. The number of aromatic amines is 1. The summed E-state index contributed by atoms with van der Waals surface area (Å²) < 4.78 is 2.48. The lowest BCUT2D eigenvalue weighted by atomic mass is 9.84. The number of H-pyrrole nitrogens is 1. The molecule has 22 heavy (non-hydrogen) atoms. The van der Waals surface area contributed by atoms with Gasteiger partial charge in [0.2, 0.25) is 0 Å². The standard InChI is InChI=1S/C18H32N2OS/c1-14(2)13-16(15(3)4)9-7-5-6-8-11-20-12-10-17(21)19-18(20)22/h10,12,14-16H,5-9,11,13H2,1-4H3,(H,19,21,22). The van der Waals surface area contributed by atoms with Crippen molar-refractivity contribution >= 4 is 12.2 Å². The molecule has 1 aromatic heterocycles. The molecule has 1 heterocycles. The fraction of sp³-hybridized carbons (Fsp3) is 0.778. The van der Waals surface area contributed by atoms with E-state index in [0.717, 1.165) is 30.7 Å². The van der Waals surface area contributed by atoms with Gasteiger partial charge >= 0.3 is 0 Å². The summed E-state index contributed by atoms with van der Waals surface area (Å²) in [5.74, 6) is 2.46. The summed E-state index contributed by atoms with van der Waals surface area (Å²) in [6, 6.07) is 1.54. The van der Waals surface area contributed by atoms with Gasteiger partial charge in [-0.2, -0.15) is 0 Å². The topological polar surface area (TPSA) is 37.8 Å². The second-order valence-electron chi connectivity index (χ2n) is 7.14. The zero-order valence-corrected chi connectivity index (χ0v) is 15.4. The van der Waals surface area contributed by atoms with Crippen LogP contribution in [0.2, 0.25) is 0 Å². The fourth-order valence-corrected chi connectivity index (χ4v) is 3.24. The Balaban J connectivity index is 2.22. The summed E-state index contributed by atoms with van der Waals surface area (Å²) in [5, 5.41) is 0. The maximum absolute atomic E-state index is 11.1. The molecule has 3 nitrogen and oxygen atoms in total. The molecule has 1 rings (SSSR count). The van der Waals surface area contributed by atoms with Crippen molar-refractivity contribution in [3.63, 3.8) is 0 Å². The molecule has 0 bridgehead atoms. The monoisotopic (exact) mass is 324 g/mol. The molecule has 0 saturated carbocycles.